The lowest BCUT2D eigenvalue weighted by molar-refractivity contribution is -0.142. The van der Waals surface area contributed by atoms with E-state index in [1.807, 2.05) is 4.90 Å². The van der Waals surface area contributed by atoms with Crippen molar-refractivity contribution in [2.45, 2.75) is 39.2 Å². The van der Waals surface area contributed by atoms with Gasteiger partial charge in [0, 0.05) is 13.1 Å². The molecule has 0 bridgehead atoms. The minimum Gasteiger partial charge on any atom is -0.393 e. The molecule has 0 aromatic rings. The van der Waals surface area contributed by atoms with Gasteiger partial charge in [-0.25, -0.2) is 0 Å². The van der Waals surface area contributed by atoms with Crippen molar-refractivity contribution in [1.29, 1.82) is 0 Å². The molecule has 1 aliphatic heterocycles. The number of aliphatic hydroxyl groups is 1. The van der Waals surface area contributed by atoms with Crippen LogP contribution >= 0.6 is 0 Å². The summed E-state index contributed by atoms with van der Waals surface area (Å²) >= 11 is 0. The van der Waals surface area contributed by atoms with Crippen LogP contribution in [0.4, 0.5) is 0 Å². The highest BCUT2D eigenvalue weighted by atomic mass is 16.3. The fourth-order valence-corrected chi connectivity index (χ4v) is 1.91. The van der Waals surface area contributed by atoms with Gasteiger partial charge in [-0.05, 0) is 26.2 Å². The predicted octanol–water partition coefficient (Wildman–Crippen LogP) is 1.02. The van der Waals surface area contributed by atoms with E-state index in [1.165, 1.54) is 0 Å². The van der Waals surface area contributed by atoms with Gasteiger partial charge in [-0.2, -0.15) is 0 Å². The third-order valence-electron chi connectivity index (χ3n) is 2.65. The van der Waals surface area contributed by atoms with Crippen molar-refractivity contribution in [3.05, 3.63) is 0 Å². The molecular formula is C10H19NO2. The third kappa shape index (κ3) is 2.44. The molecule has 0 radical (unpaired) electrons. The summed E-state index contributed by atoms with van der Waals surface area (Å²) in [6, 6.07) is 0. The fraction of sp³-hybridized carbons (Fsp3) is 0.900. The molecule has 13 heavy (non-hydrogen) atoms. The molecular weight excluding hydrogens is 166 g/mol. The first-order chi connectivity index (χ1) is 6.16. The lowest BCUT2D eigenvalue weighted by Gasteiger charge is -2.33. The number of carbonyl (C=O) groups excluding carboxylic acids is 1. The van der Waals surface area contributed by atoms with Gasteiger partial charge in [0.15, 0.2) is 0 Å². The van der Waals surface area contributed by atoms with E-state index in [0.717, 1.165) is 32.4 Å². The summed E-state index contributed by atoms with van der Waals surface area (Å²) in [5, 5.41) is 9.39. The highest BCUT2D eigenvalue weighted by molar-refractivity contribution is 5.80. The van der Waals surface area contributed by atoms with Crippen LogP contribution in [0.3, 0.4) is 0 Å². The second-order valence-electron chi connectivity index (χ2n) is 3.81. The Balaban J connectivity index is 2.55. The normalized spacial score (nSPS) is 26.2. The lowest BCUT2D eigenvalue weighted by atomic mass is 9.92. The summed E-state index contributed by atoms with van der Waals surface area (Å²) in [4.78, 5) is 13.6. The molecule has 0 saturated carbocycles. The molecule has 1 heterocycles. The number of piperidine rings is 1. The van der Waals surface area contributed by atoms with Crippen molar-refractivity contribution < 1.29 is 9.90 Å². The first kappa shape index (κ1) is 10.5. The Labute approximate surface area is 79.7 Å². The zero-order chi connectivity index (χ0) is 9.84. The molecule has 1 rings (SSSR count). The maximum Gasteiger partial charge on any atom is 0.228 e. The van der Waals surface area contributed by atoms with Gasteiger partial charge in [-0.15, -0.1) is 0 Å². The number of rotatable bonds is 3. The average Bonchev–Trinajstić information content (AvgIpc) is 2.08. The molecule has 1 aliphatic rings. The molecule has 2 atom stereocenters. The quantitative estimate of drug-likeness (QED) is 0.713. The predicted molar refractivity (Wildman–Crippen MR) is 51.3 cm³/mol. The number of amides is 1. The Morgan fingerprint density at radius 3 is 2.92 bits per heavy atom. The molecule has 1 amide bonds. The van der Waals surface area contributed by atoms with Gasteiger partial charge in [-0.3, -0.25) is 4.79 Å². The fourth-order valence-electron chi connectivity index (χ4n) is 1.91. The monoisotopic (exact) mass is 185 g/mol. The smallest absolute Gasteiger partial charge is 0.228 e. The van der Waals surface area contributed by atoms with Gasteiger partial charge in [0.05, 0.1) is 12.0 Å². The topological polar surface area (TPSA) is 40.5 Å². The molecule has 1 N–H and O–H groups in total. The minimum atomic E-state index is -0.493. The lowest BCUT2D eigenvalue weighted by Crippen LogP contribution is -2.45. The van der Waals surface area contributed by atoms with Crippen LogP contribution in [0, 0.1) is 5.92 Å². The second-order valence-corrected chi connectivity index (χ2v) is 3.81. The van der Waals surface area contributed by atoms with Crippen LogP contribution in [0.25, 0.3) is 0 Å². The molecule has 0 aliphatic carbocycles. The van der Waals surface area contributed by atoms with Crippen molar-refractivity contribution in [1.82, 2.24) is 4.90 Å². The zero-order valence-corrected chi connectivity index (χ0v) is 8.49. The first-order valence-electron chi connectivity index (χ1n) is 5.13. The molecule has 1 saturated heterocycles. The highest BCUT2D eigenvalue weighted by Gasteiger charge is 2.31. The second kappa shape index (κ2) is 4.61. The summed E-state index contributed by atoms with van der Waals surface area (Å²) in [6.45, 7) is 5.48. The molecule has 2 unspecified atom stereocenters. The van der Waals surface area contributed by atoms with Crippen molar-refractivity contribution in [2.24, 2.45) is 5.92 Å². The summed E-state index contributed by atoms with van der Waals surface area (Å²) in [5.41, 5.74) is 0. The Kier molecular flexibility index (Phi) is 3.72. The van der Waals surface area contributed by atoms with Gasteiger partial charge in [0.2, 0.25) is 5.91 Å². The van der Waals surface area contributed by atoms with Gasteiger partial charge < -0.3 is 10.0 Å². The van der Waals surface area contributed by atoms with E-state index in [-0.39, 0.29) is 11.8 Å². The Morgan fingerprint density at radius 1 is 1.69 bits per heavy atom. The number of carbonyl (C=O) groups is 1. The van der Waals surface area contributed by atoms with Crippen LogP contribution in [0.2, 0.25) is 0 Å². The van der Waals surface area contributed by atoms with Crippen LogP contribution in [0.15, 0.2) is 0 Å². The number of aliphatic hydroxyl groups excluding tert-OH is 1. The Hall–Kier alpha value is -0.570. The molecule has 1 fully saturated rings. The number of hydrogen-bond acceptors (Lipinski definition) is 2. The van der Waals surface area contributed by atoms with Crippen LogP contribution in [0.5, 0.6) is 0 Å². The van der Waals surface area contributed by atoms with Gasteiger partial charge in [0.1, 0.15) is 0 Å². The molecule has 76 valence electrons. The zero-order valence-electron chi connectivity index (χ0n) is 8.49. The molecule has 0 spiro atoms. The maximum absolute atomic E-state index is 11.7. The summed E-state index contributed by atoms with van der Waals surface area (Å²) in [7, 11) is 0. The number of hydrogen-bond donors (Lipinski definition) is 1. The van der Waals surface area contributed by atoms with Crippen molar-refractivity contribution in [3.8, 4) is 0 Å². The van der Waals surface area contributed by atoms with E-state index in [4.69, 9.17) is 0 Å². The molecule has 3 nitrogen and oxygen atoms in total. The number of likely N-dealkylation sites (tertiary alicyclic amines) is 1. The minimum absolute atomic E-state index is 0.142. The molecule has 0 aromatic carbocycles. The van der Waals surface area contributed by atoms with E-state index in [1.54, 1.807) is 6.92 Å². The maximum atomic E-state index is 11.7. The van der Waals surface area contributed by atoms with Crippen LogP contribution in [-0.4, -0.2) is 35.1 Å². The first-order valence-corrected chi connectivity index (χ1v) is 5.13. The van der Waals surface area contributed by atoms with E-state index in [2.05, 4.69) is 6.92 Å². The highest BCUT2D eigenvalue weighted by Crippen LogP contribution is 2.21. The summed E-state index contributed by atoms with van der Waals surface area (Å²) in [6.07, 6.45) is 2.38. The Bertz CT molecular complexity index is 178. The van der Waals surface area contributed by atoms with Crippen LogP contribution in [0.1, 0.15) is 33.1 Å². The standard InChI is InChI=1S/C10H19NO2/c1-3-6-11-7-4-5-9(8(2)12)10(11)13/h8-9,12H,3-7H2,1-2H3. The van der Waals surface area contributed by atoms with E-state index in [0.29, 0.717) is 0 Å². The Morgan fingerprint density at radius 2 is 2.38 bits per heavy atom. The van der Waals surface area contributed by atoms with Crippen molar-refractivity contribution >= 4 is 5.91 Å². The van der Waals surface area contributed by atoms with E-state index >= 15 is 0 Å². The number of nitrogens with zero attached hydrogens (tertiary/aromatic N) is 1. The molecule has 3 heteroatoms. The SMILES string of the molecule is CCCN1CCCC(C(C)O)C1=O. The van der Waals surface area contributed by atoms with Gasteiger partial charge >= 0.3 is 0 Å². The summed E-state index contributed by atoms with van der Waals surface area (Å²) in [5.74, 6) is -0.0107. The average molecular weight is 185 g/mol. The van der Waals surface area contributed by atoms with Crippen molar-refractivity contribution in [2.75, 3.05) is 13.1 Å². The largest absolute Gasteiger partial charge is 0.393 e. The third-order valence-corrected chi connectivity index (χ3v) is 2.65. The van der Waals surface area contributed by atoms with Crippen molar-refractivity contribution in [3.63, 3.8) is 0 Å². The van der Waals surface area contributed by atoms with E-state index < -0.39 is 6.10 Å². The summed E-state index contributed by atoms with van der Waals surface area (Å²) < 4.78 is 0. The van der Waals surface area contributed by atoms with Crippen LogP contribution < -0.4 is 0 Å². The molecule has 0 aromatic heterocycles. The van der Waals surface area contributed by atoms with Gasteiger partial charge in [-0.1, -0.05) is 6.92 Å². The van der Waals surface area contributed by atoms with Gasteiger partial charge in [0.25, 0.3) is 0 Å². The van der Waals surface area contributed by atoms with Crippen LogP contribution in [-0.2, 0) is 4.79 Å². The van der Waals surface area contributed by atoms with E-state index in [9.17, 15) is 9.90 Å².